The highest BCUT2D eigenvalue weighted by atomic mass is 16.5. The molecule has 0 atom stereocenters. The molecule has 2 amide bonds. The number of aromatic nitrogens is 2. The molecule has 0 aliphatic carbocycles. The molecule has 0 bridgehead atoms. The number of hydrogen-bond acceptors (Lipinski definition) is 4. The predicted octanol–water partition coefficient (Wildman–Crippen LogP) is 2.50. The van der Waals surface area contributed by atoms with Gasteiger partial charge in [-0.1, -0.05) is 13.3 Å². The number of hydrogen-bond donors (Lipinski definition) is 2. The first-order valence-corrected chi connectivity index (χ1v) is 7.43. The molecule has 0 spiro atoms. The monoisotopic (exact) mass is 316 g/mol. The van der Waals surface area contributed by atoms with Gasteiger partial charge in [-0.25, -0.2) is 4.79 Å². The molecule has 7 heteroatoms. The van der Waals surface area contributed by atoms with Crippen LogP contribution in [-0.2, 0) is 0 Å². The van der Waals surface area contributed by atoms with Crippen LogP contribution in [0.1, 0.15) is 30.3 Å². The first-order chi connectivity index (χ1) is 11.1. The SMILES string of the molecule is CCCCNC(=O)n1ccc(C(=O)Nc2ccc(OC)cc2)n1. The number of amides is 2. The van der Waals surface area contributed by atoms with Crippen molar-refractivity contribution in [1.29, 1.82) is 0 Å². The highest BCUT2D eigenvalue weighted by Gasteiger charge is 2.12. The fourth-order valence-corrected chi connectivity index (χ4v) is 1.88. The van der Waals surface area contributed by atoms with E-state index in [1.807, 2.05) is 6.92 Å². The lowest BCUT2D eigenvalue weighted by atomic mass is 10.3. The third kappa shape index (κ3) is 4.57. The third-order valence-electron chi connectivity index (χ3n) is 3.18. The minimum Gasteiger partial charge on any atom is -0.497 e. The van der Waals surface area contributed by atoms with Gasteiger partial charge < -0.3 is 15.4 Å². The zero-order valence-corrected chi connectivity index (χ0v) is 13.2. The highest BCUT2D eigenvalue weighted by Crippen LogP contribution is 2.15. The Labute approximate surface area is 134 Å². The molecule has 0 saturated heterocycles. The summed E-state index contributed by atoms with van der Waals surface area (Å²) in [7, 11) is 1.58. The largest absolute Gasteiger partial charge is 0.497 e. The van der Waals surface area contributed by atoms with Crippen LogP contribution in [0.15, 0.2) is 36.5 Å². The Hall–Kier alpha value is -2.83. The number of nitrogens with one attached hydrogen (secondary N) is 2. The minimum atomic E-state index is -0.379. The molecule has 0 radical (unpaired) electrons. The summed E-state index contributed by atoms with van der Waals surface area (Å²) in [6.45, 7) is 2.63. The lowest BCUT2D eigenvalue weighted by Gasteiger charge is -2.05. The molecule has 2 N–H and O–H groups in total. The van der Waals surface area contributed by atoms with E-state index < -0.39 is 0 Å². The van der Waals surface area contributed by atoms with Crippen LogP contribution < -0.4 is 15.4 Å². The van der Waals surface area contributed by atoms with Crippen molar-refractivity contribution < 1.29 is 14.3 Å². The molecule has 0 aliphatic rings. The van der Waals surface area contributed by atoms with Crippen molar-refractivity contribution >= 4 is 17.6 Å². The van der Waals surface area contributed by atoms with Gasteiger partial charge in [-0.2, -0.15) is 9.78 Å². The van der Waals surface area contributed by atoms with Gasteiger partial charge in [0, 0.05) is 18.4 Å². The summed E-state index contributed by atoms with van der Waals surface area (Å²) in [5, 5.41) is 9.43. The molecule has 2 rings (SSSR count). The van der Waals surface area contributed by atoms with Crippen LogP contribution >= 0.6 is 0 Å². The first kappa shape index (κ1) is 16.5. The number of anilines is 1. The zero-order valence-electron chi connectivity index (χ0n) is 13.2. The fourth-order valence-electron chi connectivity index (χ4n) is 1.88. The van der Waals surface area contributed by atoms with Crippen LogP contribution in [0.5, 0.6) is 5.75 Å². The summed E-state index contributed by atoms with van der Waals surface area (Å²) in [6, 6.07) is 8.10. The molecular weight excluding hydrogens is 296 g/mol. The summed E-state index contributed by atoms with van der Waals surface area (Å²) < 4.78 is 6.18. The summed E-state index contributed by atoms with van der Waals surface area (Å²) in [5.41, 5.74) is 0.796. The number of nitrogens with zero attached hydrogens (tertiary/aromatic N) is 2. The van der Waals surface area contributed by atoms with Gasteiger partial charge in [0.2, 0.25) is 0 Å². The second-order valence-electron chi connectivity index (χ2n) is 4.91. The van der Waals surface area contributed by atoms with Crippen LogP contribution in [0.25, 0.3) is 0 Å². The summed E-state index contributed by atoms with van der Waals surface area (Å²) in [4.78, 5) is 23.9. The minimum absolute atomic E-state index is 0.173. The molecular formula is C16H20N4O3. The standard InChI is InChI=1S/C16H20N4O3/c1-3-4-10-17-16(22)20-11-9-14(19-20)15(21)18-12-5-7-13(23-2)8-6-12/h5-9,11H,3-4,10H2,1-2H3,(H,17,22)(H,18,21). The first-order valence-electron chi connectivity index (χ1n) is 7.43. The number of carbonyl (C=O) groups excluding carboxylic acids is 2. The van der Waals surface area contributed by atoms with E-state index in [-0.39, 0.29) is 17.6 Å². The van der Waals surface area contributed by atoms with Gasteiger partial charge in [-0.05, 0) is 36.8 Å². The molecule has 7 nitrogen and oxygen atoms in total. The number of unbranched alkanes of at least 4 members (excludes halogenated alkanes) is 1. The number of ether oxygens (including phenoxy) is 1. The number of rotatable bonds is 6. The average Bonchev–Trinajstić information content (AvgIpc) is 3.06. The van der Waals surface area contributed by atoms with Crippen LogP contribution in [0, 0.1) is 0 Å². The van der Waals surface area contributed by atoms with Crippen molar-refractivity contribution in [3.8, 4) is 5.75 Å². The Morgan fingerprint density at radius 3 is 2.61 bits per heavy atom. The highest BCUT2D eigenvalue weighted by molar-refractivity contribution is 6.03. The molecule has 0 fully saturated rings. The van der Waals surface area contributed by atoms with Crippen molar-refractivity contribution in [2.75, 3.05) is 19.0 Å². The summed E-state index contributed by atoms with van der Waals surface area (Å²) in [5.74, 6) is 0.325. The molecule has 122 valence electrons. The summed E-state index contributed by atoms with van der Waals surface area (Å²) in [6.07, 6.45) is 3.36. The lowest BCUT2D eigenvalue weighted by molar-refractivity contribution is 0.102. The van der Waals surface area contributed by atoms with Gasteiger partial charge >= 0.3 is 6.03 Å². The molecule has 0 saturated carbocycles. The van der Waals surface area contributed by atoms with Gasteiger partial charge in [0.25, 0.3) is 5.91 Å². The van der Waals surface area contributed by atoms with E-state index in [1.54, 1.807) is 31.4 Å². The molecule has 0 unspecified atom stereocenters. The predicted molar refractivity (Wildman–Crippen MR) is 86.9 cm³/mol. The Balaban J connectivity index is 1.96. The molecule has 1 heterocycles. The van der Waals surface area contributed by atoms with Crippen LogP contribution in [-0.4, -0.2) is 35.4 Å². The molecule has 0 aliphatic heterocycles. The summed E-state index contributed by atoms with van der Waals surface area (Å²) >= 11 is 0. The van der Waals surface area contributed by atoms with Crippen LogP contribution in [0.3, 0.4) is 0 Å². The number of methoxy groups -OCH3 is 1. The molecule has 1 aromatic carbocycles. The zero-order chi connectivity index (χ0) is 16.7. The van der Waals surface area contributed by atoms with Crippen molar-refractivity contribution in [2.45, 2.75) is 19.8 Å². The number of benzene rings is 1. The van der Waals surface area contributed by atoms with Gasteiger partial charge in [-0.15, -0.1) is 0 Å². The van der Waals surface area contributed by atoms with Gasteiger partial charge in [-0.3, -0.25) is 4.79 Å². The maximum absolute atomic E-state index is 12.1. The van der Waals surface area contributed by atoms with Crippen molar-refractivity contribution in [3.63, 3.8) is 0 Å². The smallest absolute Gasteiger partial charge is 0.342 e. The fraction of sp³-hybridized carbons (Fsp3) is 0.312. The van der Waals surface area contributed by atoms with Crippen LogP contribution in [0.2, 0.25) is 0 Å². The molecule has 2 aromatic rings. The van der Waals surface area contributed by atoms with Crippen molar-refractivity contribution in [1.82, 2.24) is 15.1 Å². The lowest BCUT2D eigenvalue weighted by Crippen LogP contribution is -2.30. The van der Waals surface area contributed by atoms with E-state index in [1.165, 1.54) is 12.3 Å². The van der Waals surface area contributed by atoms with Crippen LogP contribution in [0.4, 0.5) is 10.5 Å². The van der Waals surface area contributed by atoms with E-state index in [2.05, 4.69) is 15.7 Å². The van der Waals surface area contributed by atoms with Gasteiger partial charge in [0.05, 0.1) is 7.11 Å². The van der Waals surface area contributed by atoms with E-state index >= 15 is 0 Å². The second-order valence-corrected chi connectivity index (χ2v) is 4.91. The van der Waals surface area contributed by atoms with Crippen molar-refractivity contribution in [3.05, 3.63) is 42.2 Å². The van der Waals surface area contributed by atoms with E-state index in [4.69, 9.17) is 4.74 Å². The van der Waals surface area contributed by atoms with Gasteiger partial charge in [0.15, 0.2) is 5.69 Å². The average molecular weight is 316 g/mol. The Kier molecular flexibility index (Phi) is 5.74. The van der Waals surface area contributed by atoms with E-state index in [0.29, 0.717) is 18.0 Å². The quantitative estimate of drug-likeness (QED) is 0.802. The van der Waals surface area contributed by atoms with E-state index in [0.717, 1.165) is 17.5 Å². The Morgan fingerprint density at radius 2 is 1.96 bits per heavy atom. The van der Waals surface area contributed by atoms with Gasteiger partial charge in [0.1, 0.15) is 5.75 Å². The Bertz CT molecular complexity index is 664. The van der Waals surface area contributed by atoms with Crippen molar-refractivity contribution in [2.24, 2.45) is 0 Å². The third-order valence-corrected chi connectivity index (χ3v) is 3.18. The maximum atomic E-state index is 12.1. The number of carbonyl (C=O) groups is 2. The normalized spacial score (nSPS) is 10.2. The topological polar surface area (TPSA) is 85.2 Å². The van der Waals surface area contributed by atoms with E-state index in [9.17, 15) is 9.59 Å². The molecule has 23 heavy (non-hydrogen) atoms. The maximum Gasteiger partial charge on any atom is 0.342 e. The molecule has 1 aromatic heterocycles. The Morgan fingerprint density at radius 1 is 1.22 bits per heavy atom. The second kappa shape index (κ2) is 7.98.